The Morgan fingerprint density at radius 1 is 0.809 bits per heavy atom. The average molecular weight is 1280 g/mol. The Balaban J connectivity index is 1.52. The Labute approximate surface area is 528 Å². The molecule has 89 heavy (non-hydrogen) atoms. The van der Waals surface area contributed by atoms with Gasteiger partial charge in [-0.15, -0.1) is 0 Å². The van der Waals surface area contributed by atoms with E-state index in [2.05, 4.69) is 27.0 Å². The molecule has 25 heteroatoms. The zero-order valence-electron chi connectivity index (χ0n) is 55.6. The molecule has 0 aromatic heterocycles. The monoisotopic (exact) mass is 1280 g/mol. The first kappa shape index (κ1) is 74.1. The van der Waals surface area contributed by atoms with Crippen LogP contribution >= 0.6 is 0 Å². The van der Waals surface area contributed by atoms with E-state index in [1.54, 1.807) is 66.7 Å². The largest absolute Gasteiger partial charge is 0.461 e. The minimum atomic E-state index is -4.03. The molecule has 4 aliphatic heterocycles. The van der Waals surface area contributed by atoms with Crippen molar-refractivity contribution in [2.24, 2.45) is 46.6 Å². The number of Topliss-reactive ketones (excluding diaryl/α,β-unsaturated/α-hetero) is 1. The fraction of sp³-hybridized carbons (Fsp3) is 0.828. The van der Waals surface area contributed by atoms with Crippen molar-refractivity contribution in [3.05, 3.63) is 30.3 Å². The molecule has 0 spiro atoms. The Hall–Kier alpha value is -3.96. The molecule has 0 radical (unpaired) electrons. The first-order chi connectivity index (χ1) is 41.9. The maximum atomic E-state index is 16.2. The van der Waals surface area contributed by atoms with Gasteiger partial charge in [0.05, 0.1) is 65.1 Å². The van der Waals surface area contributed by atoms with E-state index in [0.29, 0.717) is 38.6 Å². The van der Waals surface area contributed by atoms with Gasteiger partial charge in [0.2, 0.25) is 10.0 Å². The van der Waals surface area contributed by atoms with Crippen molar-refractivity contribution in [1.82, 2.24) is 14.9 Å². The van der Waals surface area contributed by atoms with Crippen molar-refractivity contribution in [2.45, 2.75) is 256 Å². The third-order valence-electron chi connectivity index (χ3n) is 18.8. The third kappa shape index (κ3) is 19.1. The van der Waals surface area contributed by atoms with Gasteiger partial charge in [-0.2, -0.15) is 0 Å². The smallest absolute Gasteiger partial charge is 0.408 e. The van der Waals surface area contributed by atoms with Gasteiger partial charge in [-0.25, -0.2) is 17.9 Å². The van der Waals surface area contributed by atoms with Crippen molar-refractivity contribution < 1.29 is 94.8 Å². The highest BCUT2D eigenvalue weighted by Gasteiger charge is 2.53. The minimum absolute atomic E-state index is 0.0238. The number of cyclic esters (lactones) is 1. The van der Waals surface area contributed by atoms with Gasteiger partial charge < -0.3 is 77.4 Å². The second kappa shape index (κ2) is 32.7. The molecule has 0 bridgehead atoms. The third-order valence-corrected chi connectivity index (χ3v) is 20.2. The highest BCUT2D eigenvalue weighted by atomic mass is 32.2. The fourth-order valence-electron chi connectivity index (χ4n) is 13.7. The van der Waals surface area contributed by atoms with Crippen molar-refractivity contribution in [1.29, 1.82) is 0 Å². The van der Waals surface area contributed by atoms with Crippen LogP contribution in [0.15, 0.2) is 40.4 Å². The summed E-state index contributed by atoms with van der Waals surface area (Å²) in [4.78, 5) is 68.5. The van der Waals surface area contributed by atoms with Crippen LogP contribution < -0.4 is 10.0 Å². The summed E-state index contributed by atoms with van der Waals surface area (Å²) in [5, 5.41) is 30.1. The molecule has 6 rings (SSSR count). The number of hydrogen-bond donors (Lipinski definition) is 4. The summed E-state index contributed by atoms with van der Waals surface area (Å²) in [5.41, 5.74) is -2.99. The Kier molecular flexibility index (Phi) is 27.3. The number of benzene rings is 1. The number of amides is 1. The molecule has 4 heterocycles. The number of likely N-dealkylation sites (N-methyl/N-ethyl adjacent to an activating group) is 1. The molecule has 22 atom stereocenters. The summed E-state index contributed by atoms with van der Waals surface area (Å²) < 4.78 is 101. The number of aliphatic hydroxyl groups is 2. The zero-order chi connectivity index (χ0) is 65.9. The molecule has 5 aliphatic rings. The highest BCUT2D eigenvalue weighted by molar-refractivity contribution is 7.89. The van der Waals surface area contributed by atoms with Crippen LogP contribution in [0, 0.1) is 41.4 Å². The number of sulfonamides is 1. The lowest BCUT2D eigenvalue weighted by molar-refractivity contribution is -0.305. The number of ketones is 1. The molecule has 1 aromatic carbocycles. The molecular weight excluding hydrogens is 1180 g/mol. The molecule has 1 aromatic rings. The van der Waals surface area contributed by atoms with E-state index in [-0.39, 0.29) is 61.1 Å². The molecule has 1 amide bonds. The summed E-state index contributed by atoms with van der Waals surface area (Å²) in [6, 6.07) is 7.89. The lowest BCUT2D eigenvalue weighted by Gasteiger charge is -2.45. The van der Waals surface area contributed by atoms with Crippen LogP contribution in [-0.4, -0.2) is 204 Å². The number of carbonyl (C=O) groups is 4. The first-order valence-corrected chi connectivity index (χ1v) is 33.5. The van der Waals surface area contributed by atoms with E-state index in [9.17, 15) is 23.4 Å². The lowest BCUT2D eigenvalue weighted by Crippen LogP contribution is -2.59. The van der Waals surface area contributed by atoms with Gasteiger partial charge >= 0.3 is 18.0 Å². The number of methoxy groups -OCH3 is 2. The van der Waals surface area contributed by atoms with Gasteiger partial charge in [-0.3, -0.25) is 14.4 Å². The van der Waals surface area contributed by atoms with E-state index in [1.165, 1.54) is 40.4 Å². The number of nitrogens with one attached hydrogen (secondary N) is 2. The molecule has 1 saturated carbocycles. The van der Waals surface area contributed by atoms with Crippen molar-refractivity contribution >= 4 is 39.6 Å². The maximum Gasteiger partial charge on any atom is 0.408 e. The molecule has 1 unspecified atom stereocenters. The van der Waals surface area contributed by atoms with Crippen LogP contribution in [0.5, 0.6) is 0 Å². The number of carbonyl (C=O) groups excluding carboxylic acids is 4. The molecule has 508 valence electrons. The van der Waals surface area contributed by atoms with Gasteiger partial charge in [0.15, 0.2) is 30.3 Å². The molecule has 1 aliphatic carbocycles. The van der Waals surface area contributed by atoms with E-state index in [4.69, 9.17) is 56.9 Å². The Morgan fingerprint density at radius 2 is 1.47 bits per heavy atom. The molecular formula is C64H106N4O20S. The number of ether oxygens (including phenoxy) is 11. The Morgan fingerprint density at radius 3 is 2.10 bits per heavy atom. The minimum Gasteiger partial charge on any atom is -0.461 e. The van der Waals surface area contributed by atoms with Gasteiger partial charge in [0.25, 0.3) is 0 Å². The lowest BCUT2D eigenvalue weighted by atomic mass is 9.74. The van der Waals surface area contributed by atoms with E-state index >= 15 is 14.4 Å². The highest BCUT2D eigenvalue weighted by Crippen LogP contribution is 2.41. The molecule has 4 saturated heterocycles. The van der Waals surface area contributed by atoms with Crippen LogP contribution in [0.1, 0.15) is 148 Å². The fourth-order valence-corrected chi connectivity index (χ4v) is 14.8. The van der Waals surface area contributed by atoms with Crippen LogP contribution in [-0.2, 0) is 81.3 Å². The van der Waals surface area contributed by atoms with Crippen LogP contribution in [0.4, 0.5) is 4.79 Å². The topological polar surface area (TPSA) is 293 Å². The summed E-state index contributed by atoms with van der Waals surface area (Å²) >= 11 is 0. The average Bonchev–Trinajstić information content (AvgIpc) is 2.03. The molecule has 4 N–H and O–H groups in total. The van der Waals surface area contributed by atoms with Crippen LogP contribution in [0.2, 0.25) is 0 Å². The number of rotatable bonds is 20. The summed E-state index contributed by atoms with van der Waals surface area (Å²) in [7, 11) is 2.22. The van der Waals surface area contributed by atoms with Gasteiger partial charge in [-0.05, 0) is 91.8 Å². The van der Waals surface area contributed by atoms with E-state index in [1.807, 2.05) is 34.7 Å². The Bertz CT molecular complexity index is 2580. The van der Waals surface area contributed by atoms with Crippen molar-refractivity contribution in [3.8, 4) is 0 Å². The summed E-state index contributed by atoms with van der Waals surface area (Å²) in [5.74, 6) is -8.00. The second-order valence-electron chi connectivity index (χ2n) is 26.8. The molecule has 24 nitrogen and oxygen atoms in total. The molecule has 5 fully saturated rings. The van der Waals surface area contributed by atoms with E-state index in [0.717, 1.165) is 6.42 Å². The van der Waals surface area contributed by atoms with Crippen molar-refractivity contribution in [2.75, 3.05) is 48.1 Å². The van der Waals surface area contributed by atoms with Gasteiger partial charge in [0, 0.05) is 70.4 Å². The standard InChI is InChI=1S/C64H106N4O20S/c1-35(2)28-48(69)84-54-42(9)53(37(4)33-80-61-57(78-16)56(77-15)50(70)45(12)83-61)86-59(73)44(11)55(85-49-29-38(5)68(14)32-40(7)81-49)41(8)52(87-60-51(71)47(67-79-17)30-39(6)82-60)36(3)31-63(13,58(72)43(54)10)88-62(74)66-64(26-22-19-23-27-64)34-65-89(75,76)46-24-20-18-21-25-46/h18,20-21,24-25,35-45,49-57,60-61,65,70-71H,19,22-23,26-34H2,1-17H3,(H,66,74)/t36-,37-,38?,39+,40-,41+,42-,43+,44+,45+,49-,50+,51+,52-,53+,54+,55-,56+,57+,60-,61+,63-/m0/s1. The van der Waals surface area contributed by atoms with Gasteiger partial charge in [0.1, 0.15) is 43.7 Å². The summed E-state index contributed by atoms with van der Waals surface area (Å²) in [6.45, 7) is 23.4. The van der Waals surface area contributed by atoms with Crippen LogP contribution in [0.25, 0.3) is 0 Å². The SMILES string of the molecule is CON=C1C[C@@H](C)O[C@@H](O[C@@H]2[C@@H](C)[C@H](O[C@H]3CC(C)N(C)C[C@H](C)O3)[C@@H](C)C(=O)O[C@H]([C@@H](C)CO[C@@H]3O[C@H](C)[C@@H](O)[C@@H](OC)[C@H]3OC)[C@H](C)[C@@H](OC(=O)CC(C)C)[C@@H](C)C(=O)[C@@](C)(OC(=O)NC3(CNS(=O)(=O)c4ccccc4)CCCCC3)C[C@@H]2C)[C@@H]1O. The van der Waals surface area contributed by atoms with Gasteiger partial charge in [-0.1, -0.05) is 91.1 Å². The second-order valence-corrected chi connectivity index (χ2v) is 28.5. The van der Waals surface area contributed by atoms with Crippen LogP contribution in [0.3, 0.4) is 0 Å². The number of esters is 2. The normalized spacial score (nSPS) is 38.2. The number of nitrogens with zero attached hydrogens (tertiary/aromatic N) is 2. The first-order valence-electron chi connectivity index (χ1n) is 32.0. The quantitative estimate of drug-likeness (QED) is 0.0601. The number of alkyl carbamates (subject to hydrolysis) is 1. The predicted molar refractivity (Wildman–Crippen MR) is 327 cm³/mol. The number of oxime groups is 1. The van der Waals surface area contributed by atoms with Crippen molar-refractivity contribution in [3.63, 3.8) is 0 Å². The maximum absolute atomic E-state index is 16.2. The predicted octanol–water partition coefficient (Wildman–Crippen LogP) is 6.69. The summed E-state index contributed by atoms with van der Waals surface area (Å²) in [6.07, 6.45) is -11.6. The van der Waals surface area contributed by atoms with E-state index < -0.39 is 160 Å². The number of hydrogen-bond acceptors (Lipinski definition) is 22. The zero-order valence-corrected chi connectivity index (χ0v) is 56.4. The number of aliphatic hydroxyl groups excluding tert-OH is 2.